The topological polar surface area (TPSA) is 60.9 Å². The molecule has 0 saturated heterocycles. The minimum Gasteiger partial charge on any atom is -0.434 e. The number of halogens is 2. The van der Waals surface area contributed by atoms with Gasteiger partial charge in [0.15, 0.2) is 11.6 Å². The lowest BCUT2D eigenvalue weighted by Gasteiger charge is -2.04. The third-order valence-corrected chi connectivity index (χ3v) is 4.19. The van der Waals surface area contributed by atoms with Gasteiger partial charge in [0.1, 0.15) is 5.82 Å². The zero-order valence-electron chi connectivity index (χ0n) is 14.2. The maximum atomic E-state index is 13.3. The van der Waals surface area contributed by atoms with Crippen LogP contribution in [0, 0.1) is 12.7 Å². The van der Waals surface area contributed by atoms with E-state index >= 15 is 0 Å². The maximum Gasteiger partial charge on any atom is 0.353 e. The first-order valence-corrected chi connectivity index (χ1v) is 8.48. The average Bonchev–Trinajstić information content (AvgIpc) is 3.07. The molecule has 0 saturated carbocycles. The van der Waals surface area contributed by atoms with Crippen LogP contribution in [0.2, 0.25) is 5.02 Å². The third kappa shape index (κ3) is 3.39. The van der Waals surface area contributed by atoms with Gasteiger partial charge < -0.3 is 4.42 Å². The lowest BCUT2D eigenvalue weighted by molar-refractivity contribution is 0.587. The van der Waals surface area contributed by atoms with Crippen molar-refractivity contribution < 1.29 is 8.81 Å². The fourth-order valence-corrected chi connectivity index (χ4v) is 2.85. The van der Waals surface area contributed by atoms with Gasteiger partial charge in [-0.05, 0) is 55.5 Å². The van der Waals surface area contributed by atoms with Crippen molar-refractivity contribution in [3.8, 4) is 28.6 Å². The number of aromatic nitrogens is 3. The van der Waals surface area contributed by atoms with Crippen LogP contribution < -0.4 is 5.69 Å². The van der Waals surface area contributed by atoms with E-state index < -0.39 is 5.69 Å². The molecule has 0 fully saturated rings. The molecule has 0 unspecified atom stereocenters. The standard InChI is InChI=1S/C20H13ClFN3O2/c1-12-9-10-25(20(26)23-12)18-17(13-5-7-16(22)8-6-13)27-19(24-18)14-3-2-4-15(21)11-14/h2-11H,1H3. The summed E-state index contributed by atoms with van der Waals surface area (Å²) in [5.74, 6) is 0.523. The lowest BCUT2D eigenvalue weighted by Crippen LogP contribution is -2.21. The summed E-state index contributed by atoms with van der Waals surface area (Å²) in [7, 11) is 0. The van der Waals surface area contributed by atoms with E-state index in [1.807, 2.05) is 0 Å². The summed E-state index contributed by atoms with van der Waals surface area (Å²) in [6.07, 6.45) is 1.58. The summed E-state index contributed by atoms with van der Waals surface area (Å²) >= 11 is 6.06. The van der Waals surface area contributed by atoms with Crippen LogP contribution >= 0.6 is 11.6 Å². The summed E-state index contributed by atoms with van der Waals surface area (Å²) in [5.41, 5.74) is 1.35. The molecular weight excluding hydrogens is 369 g/mol. The van der Waals surface area contributed by atoms with Crippen LogP contribution in [-0.4, -0.2) is 14.5 Å². The smallest absolute Gasteiger partial charge is 0.353 e. The molecule has 134 valence electrons. The largest absolute Gasteiger partial charge is 0.434 e. The Bertz CT molecular complexity index is 1180. The number of nitrogens with zero attached hydrogens (tertiary/aromatic N) is 3. The molecular formula is C20H13ClFN3O2. The molecule has 0 bridgehead atoms. The third-order valence-electron chi connectivity index (χ3n) is 3.96. The average molecular weight is 382 g/mol. The summed E-state index contributed by atoms with van der Waals surface area (Å²) in [5, 5.41) is 0.532. The Balaban J connectivity index is 1.95. The minimum absolute atomic E-state index is 0.272. The van der Waals surface area contributed by atoms with E-state index in [0.29, 0.717) is 33.5 Å². The first-order valence-electron chi connectivity index (χ1n) is 8.10. The highest BCUT2D eigenvalue weighted by atomic mass is 35.5. The normalized spacial score (nSPS) is 10.9. The Morgan fingerprint density at radius 1 is 1.04 bits per heavy atom. The molecule has 0 spiro atoms. The Hall–Kier alpha value is -3.25. The molecule has 7 heteroatoms. The van der Waals surface area contributed by atoms with Gasteiger partial charge >= 0.3 is 5.69 Å². The van der Waals surface area contributed by atoms with Crippen LogP contribution in [0.4, 0.5) is 4.39 Å². The second-order valence-electron chi connectivity index (χ2n) is 5.91. The summed E-state index contributed by atoms with van der Waals surface area (Å²) in [6, 6.07) is 14.5. The predicted octanol–water partition coefficient (Wildman–Crippen LogP) is 4.66. The molecule has 4 rings (SSSR count). The zero-order chi connectivity index (χ0) is 19.0. The summed E-state index contributed by atoms with van der Waals surface area (Å²) in [4.78, 5) is 20.8. The molecule has 5 nitrogen and oxygen atoms in total. The van der Waals surface area contributed by atoms with Gasteiger partial charge in [-0.3, -0.25) is 0 Å². The van der Waals surface area contributed by atoms with Gasteiger partial charge in [-0.25, -0.2) is 13.8 Å². The molecule has 0 atom stereocenters. The van der Waals surface area contributed by atoms with Crippen molar-refractivity contribution in [3.05, 3.63) is 87.8 Å². The van der Waals surface area contributed by atoms with Crippen molar-refractivity contribution >= 4 is 11.6 Å². The fraction of sp³-hybridized carbons (Fsp3) is 0.0500. The van der Waals surface area contributed by atoms with Crippen molar-refractivity contribution in [1.82, 2.24) is 14.5 Å². The van der Waals surface area contributed by atoms with Gasteiger partial charge in [0.2, 0.25) is 5.89 Å². The van der Waals surface area contributed by atoms with Crippen molar-refractivity contribution in [1.29, 1.82) is 0 Å². The highest BCUT2D eigenvalue weighted by molar-refractivity contribution is 6.30. The van der Waals surface area contributed by atoms with Crippen molar-refractivity contribution in [2.24, 2.45) is 0 Å². The molecule has 27 heavy (non-hydrogen) atoms. The van der Waals surface area contributed by atoms with Crippen LogP contribution in [0.5, 0.6) is 0 Å². The zero-order valence-corrected chi connectivity index (χ0v) is 14.9. The highest BCUT2D eigenvalue weighted by Crippen LogP contribution is 2.32. The van der Waals surface area contributed by atoms with E-state index in [1.54, 1.807) is 55.6 Å². The van der Waals surface area contributed by atoms with E-state index in [4.69, 9.17) is 16.0 Å². The number of hydrogen-bond donors (Lipinski definition) is 0. The van der Waals surface area contributed by atoms with Gasteiger partial charge in [0, 0.05) is 28.0 Å². The van der Waals surface area contributed by atoms with Crippen LogP contribution in [0.15, 0.2) is 70.0 Å². The van der Waals surface area contributed by atoms with Crippen molar-refractivity contribution in [2.45, 2.75) is 6.92 Å². The SMILES string of the molecule is Cc1ccn(-c2nc(-c3cccc(Cl)c3)oc2-c2ccc(F)cc2)c(=O)n1. The predicted molar refractivity (Wildman–Crippen MR) is 100 cm³/mol. The second kappa shape index (κ2) is 6.81. The molecule has 4 aromatic rings. The van der Waals surface area contributed by atoms with Crippen molar-refractivity contribution in [2.75, 3.05) is 0 Å². The second-order valence-corrected chi connectivity index (χ2v) is 6.35. The number of rotatable bonds is 3. The van der Waals surface area contributed by atoms with Crippen LogP contribution in [0.3, 0.4) is 0 Å². The van der Waals surface area contributed by atoms with E-state index in [9.17, 15) is 9.18 Å². The Kier molecular flexibility index (Phi) is 4.33. The van der Waals surface area contributed by atoms with Crippen molar-refractivity contribution in [3.63, 3.8) is 0 Å². The van der Waals surface area contributed by atoms with E-state index in [-0.39, 0.29) is 11.6 Å². The monoisotopic (exact) mass is 381 g/mol. The first-order chi connectivity index (χ1) is 13.0. The van der Waals surface area contributed by atoms with Gasteiger partial charge in [-0.15, -0.1) is 0 Å². The number of oxazole rings is 1. The molecule has 2 heterocycles. The minimum atomic E-state index is -0.482. The quantitative estimate of drug-likeness (QED) is 0.518. The Morgan fingerprint density at radius 2 is 1.81 bits per heavy atom. The highest BCUT2D eigenvalue weighted by Gasteiger charge is 2.19. The summed E-state index contributed by atoms with van der Waals surface area (Å²) < 4.78 is 20.6. The molecule has 2 aromatic carbocycles. The first kappa shape index (κ1) is 17.2. The maximum absolute atomic E-state index is 13.3. The molecule has 0 N–H and O–H groups in total. The van der Waals surface area contributed by atoms with Gasteiger partial charge in [0.25, 0.3) is 0 Å². The molecule has 0 aliphatic carbocycles. The number of benzene rings is 2. The van der Waals surface area contributed by atoms with Crippen LogP contribution in [-0.2, 0) is 0 Å². The van der Waals surface area contributed by atoms with E-state index in [2.05, 4.69) is 9.97 Å². The molecule has 2 aromatic heterocycles. The van der Waals surface area contributed by atoms with Gasteiger partial charge in [0.05, 0.1) is 0 Å². The fourth-order valence-electron chi connectivity index (χ4n) is 2.66. The number of hydrogen-bond acceptors (Lipinski definition) is 4. The molecule has 0 aliphatic rings. The van der Waals surface area contributed by atoms with Crippen LogP contribution in [0.1, 0.15) is 5.69 Å². The molecule has 0 aliphatic heterocycles. The molecule has 0 amide bonds. The van der Waals surface area contributed by atoms with E-state index in [0.717, 1.165) is 0 Å². The van der Waals surface area contributed by atoms with Crippen LogP contribution in [0.25, 0.3) is 28.6 Å². The van der Waals surface area contributed by atoms with E-state index in [1.165, 1.54) is 16.7 Å². The lowest BCUT2D eigenvalue weighted by atomic mass is 10.2. The van der Waals surface area contributed by atoms with Gasteiger partial charge in [-0.1, -0.05) is 17.7 Å². The summed E-state index contributed by atoms with van der Waals surface area (Å²) in [6.45, 7) is 1.73. The van der Waals surface area contributed by atoms with Gasteiger partial charge in [-0.2, -0.15) is 9.97 Å². The number of aryl methyl sites for hydroxylation is 1. The molecule has 0 radical (unpaired) electrons. The Labute approximate surface area is 158 Å². The Morgan fingerprint density at radius 3 is 2.52 bits per heavy atom.